The number of carbonyl (C=O) groups is 2. The number of aliphatic carboxylic acids is 1. The van der Waals surface area contributed by atoms with Crippen LogP contribution in [0.15, 0.2) is 35.5 Å². The minimum absolute atomic E-state index is 0.259. The topological polar surface area (TPSA) is 54.4 Å². The number of rotatable bonds is 4. The summed E-state index contributed by atoms with van der Waals surface area (Å²) in [5, 5.41) is 8.48. The molecule has 70 valence electrons. The third kappa shape index (κ3) is 5.61. The van der Waals surface area contributed by atoms with Crippen molar-refractivity contribution < 1.29 is 14.7 Å². The van der Waals surface area contributed by atoms with Crippen LogP contribution in [0.2, 0.25) is 0 Å². The molecule has 0 amide bonds. The Kier molecular flexibility index (Phi) is 5.19. The van der Waals surface area contributed by atoms with E-state index >= 15 is 0 Å². The molecule has 3 heteroatoms. The highest BCUT2D eigenvalue weighted by Crippen LogP contribution is 1.96. The highest BCUT2D eigenvalue weighted by molar-refractivity contribution is 5.86. The second-order valence-electron chi connectivity index (χ2n) is 2.56. The van der Waals surface area contributed by atoms with Gasteiger partial charge in [-0.25, -0.2) is 4.79 Å². The van der Waals surface area contributed by atoms with Crippen LogP contribution in [0.4, 0.5) is 0 Å². The molecule has 0 aliphatic heterocycles. The summed E-state index contributed by atoms with van der Waals surface area (Å²) in [6, 6.07) is 0. The molecule has 0 aromatic carbocycles. The van der Waals surface area contributed by atoms with Gasteiger partial charge in [-0.3, -0.25) is 4.79 Å². The van der Waals surface area contributed by atoms with Crippen molar-refractivity contribution in [2.24, 2.45) is 0 Å². The first-order chi connectivity index (χ1) is 6.07. The zero-order chi connectivity index (χ0) is 10.3. The second-order valence-corrected chi connectivity index (χ2v) is 2.56. The van der Waals surface area contributed by atoms with Crippen LogP contribution in [-0.2, 0) is 9.59 Å². The number of hydrogen-bond donors (Lipinski definition) is 1. The van der Waals surface area contributed by atoms with Crippen molar-refractivity contribution in [2.45, 2.75) is 13.8 Å². The average Bonchev–Trinajstić information content (AvgIpc) is 2.04. The third-order valence-electron chi connectivity index (χ3n) is 1.37. The maximum atomic E-state index is 10.3. The molecule has 0 heterocycles. The van der Waals surface area contributed by atoms with E-state index < -0.39 is 5.97 Å². The molecule has 1 N–H and O–H groups in total. The van der Waals surface area contributed by atoms with Crippen molar-refractivity contribution in [3.05, 3.63) is 35.5 Å². The zero-order valence-electron chi connectivity index (χ0n) is 7.65. The van der Waals surface area contributed by atoms with Crippen LogP contribution >= 0.6 is 0 Å². The van der Waals surface area contributed by atoms with Crippen molar-refractivity contribution in [3.8, 4) is 0 Å². The lowest BCUT2D eigenvalue weighted by molar-refractivity contribution is -0.132. The molecular formula is C10H12O3. The van der Waals surface area contributed by atoms with Gasteiger partial charge in [0.25, 0.3) is 0 Å². The van der Waals surface area contributed by atoms with Gasteiger partial charge in [-0.15, -0.1) is 0 Å². The summed E-state index contributed by atoms with van der Waals surface area (Å²) in [6.07, 6.45) is 6.83. The number of carboxylic acids is 1. The average molecular weight is 180 g/mol. The molecule has 0 atom stereocenters. The Morgan fingerprint density at radius 3 is 2.31 bits per heavy atom. The molecule has 0 fully saturated rings. The van der Waals surface area contributed by atoms with Gasteiger partial charge in [0.2, 0.25) is 0 Å². The fourth-order valence-electron chi connectivity index (χ4n) is 0.578. The highest BCUT2D eigenvalue weighted by Gasteiger charge is 1.95. The van der Waals surface area contributed by atoms with Gasteiger partial charge in [-0.1, -0.05) is 18.2 Å². The lowest BCUT2D eigenvalue weighted by atomic mass is 10.2. The molecule has 0 unspecified atom stereocenters. The van der Waals surface area contributed by atoms with E-state index in [9.17, 15) is 9.59 Å². The normalized spacial score (nSPS) is 13.4. The Morgan fingerprint density at radius 1 is 1.23 bits per heavy atom. The van der Waals surface area contributed by atoms with E-state index in [2.05, 4.69) is 0 Å². The van der Waals surface area contributed by atoms with Crippen molar-refractivity contribution >= 4 is 12.3 Å². The molecule has 0 aliphatic carbocycles. The van der Waals surface area contributed by atoms with Crippen LogP contribution in [0.25, 0.3) is 0 Å². The number of carboxylic acid groups (broad SMARTS) is 1. The predicted molar refractivity (Wildman–Crippen MR) is 50.4 cm³/mol. The Labute approximate surface area is 77.1 Å². The Hall–Kier alpha value is -1.64. The summed E-state index contributed by atoms with van der Waals surface area (Å²) < 4.78 is 0. The van der Waals surface area contributed by atoms with Crippen LogP contribution in [0.1, 0.15) is 13.8 Å². The summed E-state index contributed by atoms with van der Waals surface area (Å²) in [4.78, 5) is 20.3. The molecule has 0 aromatic rings. The van der Waals surface area contributed by atoms with Crippen molar-refractivity contribution in [1.82, 2.24) is 0 Å². The fraction of sp³-hybridized carbons (Fsp3) is 0.200. The van der Waals surface area contributed by atoms with Crippen LogP contribution < -0.4 is 0 Å². The highest BCUT2D eigenvalue weighted by atomic mass is 16.4. The van der Waals surface area contributed by atoms with Gasteiger partial charge in [0.15, 0.2) is 0 Å². The van der Waals surface area contributed by atoms with Gasteiger partial charge in [-0.05, 0) is 25.5 Å². The molecule has 0 rings (SSSR count). The largest absolute Gasteiger partial charge is 0.478 e. The van der Waals surface area contributed by atoms with Crippen LogP contribution in [-0.4, -0.2) is 17.4 Å². The molecule has 13 heavy (non-hydrogen) atoms. The second kappa shape index (κ2) is 5.94. The van der Waals surface area contributed by atoms with Gasteiger partial charge in [0, 0.05) is 5.57 Å². The SMILES string of the molecule is CC(/C=C/C=C(\C)C(=O)O)=C\C=O. The summed E-state index contributed by atoms with van der Waals surface area (Å²) in [5.74, 6) is -0.943. The Bertz CT molecular complexity index is 283. The number of aldehydes is 1. The van der Waals surface area contributed by atoms with Crippen LogP contribution in [0.5, 0.6) is 0 Å². The molecule has 0 aromatic heterocycles. The minimum atomic E-state index is -0.943. The number of carbonyl (C=O) groups excluding carboxylic acids is 1. The van der Waals surface area contributed by atoms with E-state index in [0.717, 1.165) is 5.57 Å². The number of allylic oxidation sites excluding steroid dienone is 5. The summed E-state index contributed by atoms with van der Waals surface area (Å²) in [7, 11) is 0. The standard InChI is InChI=1S/C10H12O3/c1-8(6-7-11)4-3-5-9(2)10(12)13/h3-7H,1-2H3,(H,12,13)/b4-3+,8-6+,9-5+. The lowest BCUT2D eigenvalue weighted by Crippen LogP contribution is -1.94. The van der Waals surface area contributed by atoms with Crippen molar-refractivity contribution in [2.75, 3.05) is 0 Å². The maximum Gasteiger partial charge on any atom is 0.331 e. The van der Waals surface area contributed by atoms with E-state index in [1.165, 1.54) is 19.1 Å². The first kappa shape index (κ1) is 11.4. The van der Waals surface area contributed by atoms with Gasteiger partial charge in [0.1, 0.15) is 6.29 Å². The van der Waals surface area contributed by atoms with E-state index in [4.69, 9.17) is 5.11 Å². The van der Waals surface area contributed by atoms with Gasteiger partial charge in [0.05, 0.1) is 0 Å². The molecular weight excluding hydrogens is 168 g/mol. The van der Waals surface area contributed by atoms with E-state index in [0.29, 0.717) is 6.29 Å². The molecule has 0 saturated heterocycles. The summed E-state index contributed by atoms with van der Waals surface area (Å²) >= 11 is 0. The van der Waals surface area contributed by atoms with Gasteiger partial charge in [-0.2, -0.15) is 0 Å². The number of hydrogen-bond acceptors (Lipinski definition) is 2. The van der Waals surface area contributed by atoms with E-state index in [1.54, 1.807) is 19.1 Å². The third-order valence-corrected chi connectivity index (χ3v) is 1.37. The van der Waals surface area contributed by atoms with E-state index in [-0.39, 0.29) is 5.57 Å². The van der Waals surface area contributed by atoms with Gasteiger partial charge >= 0.3 is 5.97 Å². The molecule has 3 nitrogen and oxygen atoms in total. The summed E-state index contributed by atoms with van der Waals surface area (Å²) in [6.45, 7) is 3.26. The predicted octanol–water partition coefficient (Wildman–Crippen LogP) is 1.72. The molecule has 0 radical (unpaired) electrons. The Morgan fingerprint density at radius 2 is 1.85 bits per heavy atom. The molecule has 0 spiro atoms. The van der Waals surface area contributed by atoms with Crippen LogP contribution in [0.3, 0.4) is 0 Å². The smallest absolute Gasteiger partial charge is 0.331 e. The maximum absolute atomic E-state index is 10.3. The monoisotopic (exact) mass is 180 g/mol. The van der Waals surface area contributed by atoms with Crippen molar-refractivity contribution in [3.63, 3.8) is 0 Å². The van der Waals surface area contributed by atoms with Crippen LogP contribution in [0, 0.1) is 0 Å². The zero-order valence-corrected chi connectivity index (χ0v) is 7.65. The first-order valence-electron chi connectivity index (χ1n) is 3.78. The fourth-order valence-corrected chi connectivity index (χ4v) is 0.578. The van der Waals surface area contributed by atoms with Gasteiger partial charge < -0.3 is 5.11 Å². The van der Waals surface area contributed by atoms with E-state index in [1.807, 2.05) is 0 Å². The summed E-state index contributed by atoms with van der Waals surface area (Å²) in [5.41, 5.74) is 1.04. The molecule has 0 bridgehead atoms. The lowest BCUT2D eigenvalue weighted by Gasteiger charge is -1.88. The Balaban J connectivity index is 4.30. The molecule has 0 saturated carbocycles. The molecule has 0 aliphatic rings. The minimum Gasteiger partial charge on any atom is -0.478 e. The first-order valence-corrected chi connectivity index (χ1v) is 3.78. The van der Waals surface area contributed by atoms with Crippen molar-refractivity contribution in [1.29, 1.82) is 0 Å². The quantitative estimate of drug-likeness (QED) is 0.407.